The molecule has 31 nitrogen and oxygen atoms in total. The molecule has 3 aromatic rings. The molecule has 10 atom stereocenters. The number of carbonyl (C=O) groups is 11. The number of esters is 3. The molecule has 2 N–H and O–H groups in total. The van der Waals surface area contributed by atoms with Crippen LogP contribution in [-0.4, -0.2) is 275 Å². The molecule has 0 spiro atoms. The Hall–Kier alpha value is -8.70. The fraction of sp³-hybridized carbons (Fsp3) is 0.598. The van der Waals surface area contributed by atoms with Crippen LogP contribution in [0.1, 0.15) is 132 Å². The van der Waals surface area contributed by atoms with Crippen molar-refractivity contribution in [3.8, 4) is 11.5 Å². The minimum absolute atomic E-state index is 0.000535. The van der Waals surface area contributed by atoms with Gasteiger partial charge in [-0.25, -0.2) is 4.79 Å². The number of amides is 5. The Morgan fingerprint density at radius 1 is 0.706 bits per heavy atom. The highest BCUT2D eigenvalue weighted by Crippen LogP contribution is 2.50. The van der Waals surface area contributed by atoms with E-state index >= 15 is 0 Å². The minimum Gasteiger partial charge on any atom is -0.496 e. The molecule has 4 aliphatic rings. The largest absolute Gasteiger partial charge is 0.496 e. The topological polar surface area (TPSA) is 372 Å². The molecular formula is C87H119ClN4O27. The second-order valence-corrected chi connectivity index (χ2v) is 30.9. The zero-order valence-electron chi connectivity index (χ0n) is 70.6. The Labute approximate surface area is 701 Å². The number of aliphatic hydroxyl groups is 1. The van der Waals surface area contributed by atoms with Gasteiger partial charge in [-0.15, -0.1) is 0 Å². The summed E-state index contributed by atoms with van der Waals surface area (Å²) >= 11 is 6.88. The van der Waals surface area contributed by atoms with Crippen LogP contribution in [0.25, 0.3) is 0 Å². The van der Waals surface area contributed by atoms with Crippen LogP contribution in [0.5, 0.6) is 11.5 Å². The Kier molecular flexibility index (Phi) is 40.3. The minimum atomic E-state index is -1.66. The maximum atomic E-state index is 14.6. The fourth-order valence-electron chi connectivity index (χ4n) is 13.7. The Balaban J connectivity index is 0.747. The number of rotatable bonds is 50. The smallest absolute Gasteiger partial charge is 0.328 e. The number of nitrogens with zero attached hydrogens (tertiary/aromatic N) is 3. The number of epoxide rings is 1. The molecule has 4 heterocycles. The lowest BCUT2D eigenvalue weighted by molar-refractivity contribution is -0.187. The van der Waals surface area contributed by atoms with E-state index in [2.05, 4.69) is 5.32 Å². The van der Waals surface area contributed by atoms with Crippen molar-refractivity contribution in [2.45, 2.75) is 173 Å². The van der Waals surface area contributed by atoms with Crippen LogP contribution in [0.15, 0.2) is 90.6 Å². The SMILES string of the molecule is COc1cc(C(=O)N(C)[C@@H](C)C(=O)O[C@H]2CC(=O)N(C)c3cc(cc(OC)c3Cl)C/C(C)=C/C=C/[C@@H](OC)[C@]3(O)CC(=O)O[C@@H](C3)[C@@H](C)[C@@H]3O[C@@]23C)ccc1CC(=O)OCc1ccc(CC(=O)[C@H](C)NC(=O)[C@@H](CC(=O)CCOCCOCCOCCOCCOCCOCCOCCOCCCC(=O)CCN2C(=O)C=CC2=O)C(C)C)cc1. The van der Waals surface area contributed by atoms with Gasteiger partial charge >= 0.3 is 17.9 Å². The van der Waals surface area contributed by atoms with Crippen molar-refractivity contribution in [1.29, 1.82) is 0 Å². The lowest BCUT2D eigenvalue weighted by atomic mass is 9.78. The van der Waals surface area contributed by atoms with E-state index in [1.807, 2.05) is 26.8 Å². The number of benzene rings is 3. The van der Waals surface area contributed by atoms with Crippen molar-refractivity contribution in [2.75, 3.05) is 153 Å². The highest BCUT2D eigenvalue weighted by molar-refractivity contribution is 6.35. The molecule has 4 aliphatic heterocycles. The molecule has 656 valence electrons. The van der Waals surface area contributed by atoms with Crippen LogP contribution >= 0.6 is 11.6 Å². The van der Waals surface area contributed by atoms with E-state index in [-0.39, 0.29) is 111 Å². The fourth-order valence-corrected chi connectivity index (χ4v) is 14.0. The summed E-state index contributed by atoms with van der Waals surface area (Å²) in [6.45, 7) is 17.9. The number of likely N-dealkylation sites (N-methyl/N-ethyl adjacent to an activating group) is 1. The number of hydrogen-bond acceptors (Lipinski definition) is 27. The van der Waals surface area contributed by atoms with Gasteiger partial charge in [-0.1, -0.05) is 86.5 Å². The number of allylic oxidation sites excluding steroid dienone is 3. The van der Waals surface area contributed by atoms with Crippen LogP contribution in [0, 0.1) is 17.8 Å². The van der Waals surface area contributed by atoms with E-state index in [1.54, 1.807) is 82.4 Å². The summed E-state index contributed by atoms with van der Waals surface area (Å²) < 4.78 is 85.4. The van der Waals surface area contributed by atoms with Gasteiger partial charge in [0.2, 0.25) is 11.8 Å². The van der Waals surface area contributed by atoms with Crippen LogP contribution in [0.3, 0.4) is 0 Å². The summed E-state index contributed by atoms with van der Waals surface area (Å²) in [5.41, 5.74) is 0.793. The maximum absolute atomic E-state index is 14.6. The lowest BCUT2D eigenvalue weighted by Crippen LogP contribution is -2.53. The highest BCUT2D eigenvalue weighted by atomic mass is 35.5. The lowest BCUT2D eigenvalue weighted by Gasteiger charge is -2.41. The molecule has 3 aromatic carbocycles. The summed E-state index contributed by atoms with van der Waals surface area (Å²) in [4.78, 5) is 148. The average Bonchev–Trinajstić information content (AvgIpc) is 1.57. The van der Waals surface area contributed by atoms with Gasteiger partial charge in [-0.05, 0) is 87.4 Å². The predicted molar refractivity (Wildman–Crippen MR) is 434 cm³/mol. The van der Waals surface area contributed by atoms with Gasteiger partial charge < -0.3 is 91.3 Å². The molecule has 0 saturated carbocycles. The quantitative estimate of drug-likeness (QED) is 0.0183. The molecule has 119 heavy (non-hydrogen) atoms. The first-order chi connectivity index (χ1) is 56.9. The van der Waals surface area contributed by atoms with Crippen molar-refractivity contribution < 1.29 is 129 Å². The standard InChI is InChI=1S/C87H119ClN4O27/c1-56(2)68(51-67(94)27-30-109-32-34-111-36-38-113-40-42-115-44-43-114-41-39-112-37-35-110-33-31-108-29-14-16-66(93)26-28-92-76(96)24-25-77(92)97)83(101)89-59(5)70(95)47-61-18-20-62(21-19-61)55-116-79(99)50-64-22-23-65(49-71(64)105-10)84(102)90(8)60(6)85(103)118-75-52-78(98)91(9)69-46-63(48-72(106-11)81(69)88)45-57(3)15-13-17-74(107-12)87(104)53-73(117-80(100)54-87)58(4)82-86(75,7)119-82/h13,15,17-25,46,48-49,56,58-60,68,73-75,82,104H,14,16,26-45,47,50-55H2,1-12H3,(H,89,101)/b17-13+,57-15+/t58-,59+,60+,68+,73+,74-,75+,82+,86+,87-/m1/s1. The van der Waals surface area contributed by atoms with Gasteiger partial charge in [0.05, 0.1) is 150 Å². The molecule has 32 heteroatoms. The first-order valence-electron chi connectivity index (χ1n) is 40.4. The zero-order chi connectivity index (χ0) is 86.8. The number of anilines is 1. The van der Waals surface area contributed by atoms with Gasteiger partial charge in [-0.2, -0.15) is 0 Å². The first kappa shape index (κ1) is 97.4. The van der Waals surface area contributed by atoms with E-state index in [0.717, 1.165) is 16.0 Å². The third-order valence-electron chi connectivity index (χ3n) is 21.2. The van der Waals surface area contributed by atoms with E-state index in [1.165, 1.54) is 69.4 Å². The van der Waals surface area contributed by atoms with E-state index < -0.39 is 113 Å². The number of carbonyl (C=O) groups excluding carboxylic acids is 11. The monoisotopic (exact) mass is 1690 g/mol. The van der Waals surface area contributed by atoms with Crippen LogP contribution in [0.2, 0.25) is 5.02 Å². The molecular weight excluding hydrogens is 1570 g/mol. The molecule has 0 aromatic heterocycles. The number of nitrogens with one attached hydrogen (secondary N) is 1. The van der Waals surface area contributed by atoms with E-state index in [4.69, 9.17) is 82.7 Å². The van der Waals surface area contributed by atoms with Crippen LogP contribution < -0.4 is 19.7 Å². The molecule has 0 aliphatic carbocycles. The summed E-state index contributed by atoms with van der Waals surface area (Å²) in [5, 5.41) is 15.0. The van der Waals surface area contributed by atoms with Crippen molar-refractivity contribution in [1.82, 2.24) is 15.1 Å². The average molecular weight is 1690 g/mol. The number of Topliss-reactive ketones (excluding diaryl/α,β-unsaturated/α-hetero) is 3. The molecule has 0 radical (unpaired) electrons. The predicted octanol–water partition coefficient (Wildman–Crippen LogP) is 7.41. The van der Waals surface area contributed by atoms with Gasteiger partial charge in [0.25, 0.3) is 17.7 Å². The molecule has 0 unspecified atom stereocenters. The third-order valence-corrected chi connectivity index (χ3v) is 21.6. The summed E-state index contributed by atoms with van der Waals surface area (Å²) in [5.74, 6) is -5.80. The number of fused-ring (bicyclic) bond motifs is 5. The highest BCUT2D eigenvalue weighted by Gasteiger charge is 2.64. The van der Waals surface area contributed by atoms with Crippen molar-refractivity contribution in [3.63, 3.8) is 0 Å². The van der Waals surface area contributed by atoms with E-state index in [9.17, 15) is 57.8 Å². The second kappa shape index (κ2) is 49.3. The molecule has 2 fully saturated rings. The number of ether oxygens (including phenoxy) is 15. The molecule has 4 bridgehead atoms. The van der Waals surface area contributed by atoms with Gasteiger partial charge in [0.15, 0.2) is 5.78 Å². The van der Waals surface area contributed by atoms with Crippen molar-refractivity contribution >= 4 is 82.1 Å². The normalized spacial score (nSPS) is 21.5. The summed E-state index contributed by atoms with van der Waals surface area (Å²) in [6.07, 6.45) is 4.37. The van der Waals surface area contributed by atoms with Crippen molar-refractivity contribution in [3.05, 3.63) is 123 Å². The number of imide groups is 1. The molecule has 5 amide bonds. The van der Waals surface area contributed by atoms with E-state index in [0.29, 0.717) is 140 Å². The first-order valence-corrected chi connectivity index (χ1v) is 40.8. The molecule has 7 rings (SSSR count). The van der Waals surface area contributed by atoms with Gasteiger partial charge in [0.1, 0.15) is 70.3 Å². The number of halogens is 1. The van der Waals surface area contributed by atoms with Gasteiger partial charge in [-0.3, -0.25) is 52.8 Å². The summed E-state index contributed by atoms with van der Waals surface area (Å²) in [7, 11) is 7.24. The summed E-state index contributed by atoms with van der Waals surface area (Å²) in [6, 6.07) is 12.8. The Morgan fingerprint density at radius 2 is 1.28 bits per heavy atom. The maximum Gasteiger partial charge on any atom is 0.328 e. The third kappa shape index (κ3) is 30.7. The number of ketones is 3. The Morgan fingerprint density at radius 3 is 1.85 bits per heavy atom. The van der Waals surface area contributed by atoms with Crippen LogP contribution in [-0.2, 0) is 135 Å². The Bertz CT molecular complexity index is 3980. The second-order valence-electron chi connectivity index (χ2n) is 30.5. The van der Waals surface area contributed by atoms with Gasteiger partial charge in [0, 0.05) is 108 Å². The zero-order valence-corrected chi connectivity index (χ0v) is 71.3. The number of hydrogen-bond donors (Lipinski definition) is 2. The number of methoxy groups -OCH3 is 3. The molecule has 2 saturated heterocycles. The van der Waals surface area contributed by atoms with Crippen molar-refractivity contribution in [2.24, 2.45) is 17.8 Å². The van der Waals surface area contributed by atoms with Crippen LogP contribution in [0.4, 0.5) is 5.69 Å².